The zero-order valence-electron chi connectivity index (χ0n) is 44.6. The molecule has 0 aromatic heterocycles. The number of aliphatic hydroxyl groups is 7. The van der Waals surface area contributed by atoms with Crippen molar-refractivity contribution in [1.29, 1.82) is 0 Å². The third-order valence-corrected chi connectivity index (χ3v) is 14.2. The van der Waals surface area contributed by atoms with Crippen LogP contribution in [-0.2, 0) is 14.3 Å². The largest absolute Gasteiger partial charge is 0.394 e. The van der Waals surface area contributed by atoms with Crippen molar-refractivity contribution in [2.24, 2.45) is 0 Å². The first-order valence-corrected chi connectivity index (χ1v) is 29.2. The van der Waals surface area contributed by atoms with Crippen molar-refractivity contribution in [1.82, 2.24) is 5.32 Å². The van der Waals surface area contributed by atoms with E-state index in [1.165, 1.54) is 186 Å². The number of carbonyl (C=O) groups is 1. The fraction of sp³-hybridized carbons (Fsp3) is 0.914. The fourth-order valence-electron chi connectivity index (χ4n) is 9.46. The molecule has 9 unspecified atom stereocenters. The smallest absolute Gasteiger partial charge is 0.249 e. The summed E-state index contributed by atoms with van der Waals surface area (Å²) in [5.41, 5.74) is 0. The van der Waals surface area contributed by atoms with Crippen molar-refractivity contribution in [2.75, 3.05) is 13.2 Å². The van der Waals surface area contributed by atoms with Gasteiger partial charge in [0, 0.05) is 0 Å². The number of allylic oxidation sites excluding steroid dienone is 4. The average molecular weight is 983 g/mol. The Morgan fingerprint density at radius 3 is 1.29 bits per heavy atom. The number of unbranched alkanes of at least 4 members (excludes halogenated alkanes) is 34. The van der Waals surface area contributed by atoms with Gasteiger partial charge >= 0.3 is 0 Å². The molecule has 408 valence electrons. The summed E-state index contributed by atoms with van der Waals surface area (Å²) in [6.07, 6.45) is 45.4. The monoisotopic (exact) mass is 982 g/mol. The highest BCUT2D eigenvalue weighted by atomic mass is 16.7. The highest BCUT2D eigenvalue weighted by Gasteiger charge is 2.44. The van der Waals surface area contributed by atoms with E-state index in [0.29, 0.717) is 19.3 Å². The summed E-state index contributed by atoms with van der Waals surface area (Å²) in [5, 5.41) is 76.0. The Bertz CT molecular complexity index is 1170. The molecule has 1 aliphatic rings. The molecule has 0 aliphatic carbocycles. The van der Waals surface area contributed by atoms with Crippen LogP contribution in [0.15, 0.2) is 24.3 Å². The van der Waals surface area contributed by atoms with E-state index < -0.39 is 74.2 Å². The van der Waals surface area contributed by atoms with Crippen LogP contribution < -0.4 is 5.32 Å². The number of hydrogen-bond donors (Lipinski definition) is 8. The summed E-state index contributed by atoms with van der Waals surface area (Å²) in [6, 6.07) is -1.19. The first-order chi connectivity index (χ1) is 33.7. The van der Waals surface area contributed by atoms with Crippen molar-refractivity contribution >= 4 is 5.91 Å². The molecule has 0 aromatic carbocycles. The number of ether oxygens (including phenoxy) is 2. The number of hydrogen-bond acceptors (Lipinski definition) is 10. The SMILES string of the molecule is CCCCCCCCCCCCCCCCCCCCC/C=C/CC/C=C/CCCC(O)C(O)C(COC1OC(CO)C(O)C(O)C1O)NC(=O)C(O)CCCCCCCCCCCCCCCC. The minimum Gasteiger partial charge on any atom is -0.394 e. The molecular formula is C58H111NO10. The normalized spacial score (nSPS) is 20.5. The minimum absolute atomic E-state index is 0.249. The van der Waals surface area contributed by atoms with E-state index in [1.807, 2.05) is 0 Å². The van der Waals surface area contributed by atoms with E-state index in [4.69, 9.17) is 9.47 Å². The van der Waals surface area contributed by atoms with E-state index in [-0.39, 0.29) is 12.8 Å². The van der Waals surface area contributed by atoms with Gasteiger partial charge in [0.2, 0.25) is 5.91 Å². The van der Waals surface area contributed by atoms with Crippen molar-refractivity contribution < 1.29 is 50.0 Å². The zero-order chi connectivity index (χ0) is 50.4. The Balaban J connectivity index is 2.30. The van der Waals surface area contributed by atoms with Crippen molar-refractivity contribution in [3.8, 4) is 0 Å². The molecule has 11 nitrogen and oxygen atoms in total. The van der Waals surface area contributed by atoms with Crippen LogP contribution in [0.2, 0.25) is 0 Å². The second-order valence-corrected chi connectivity index (χ2v) is 20.7. The summed E-state index contributed by atoms with van der Waals surface area (Å²) in [4.78, 5) is 13.1. The average Bonchev–Trinajstić information content (AvgIpc) is 3.35. The fourth-order valence-corrected chi connectivity index (χ4v) is 9.46. The van der Waals surface area contributed by atoms with Gasteiger partial charge in [-0.1, -0.05) is 244 Å². The molecule has 1 saturated heterocycles. The van der Waals surface area contributed by atoms with Crippen LogP contribution in [0.25, 0.3) is 0 Å². The van der Waals surface area contributed by atoms with E-state index >= 15 is 0 Å². The van der Waals surface area contributed by atoms with Gasteiger partial charge in [0.05, 0.1) is 25.4 Å². The summed E-state index contributed by atoms with van der Waals surface area (Å²) in [6.45, 7) is 3.45. The van der Waals surface area contributed by atoms with Gasteiger partial charge in [-0.05, 0) is 51.4 Å². The van der Waals surface area contributed by atoms with E-state index in [0.717, 1.165) is 38.5 Å². The van der Waals surface area contributed by atoms with Crippen LogP contribution in [-0.4, -0.2) is 110 Å². The molecule has 8 N–H and O–H groups in total. The lowest BCUT2D eigenvalue weighted by atomic mass is 9.98. The van der Waals surface area contributed by atoms with Crippen molar-refractivity contribution in [3.63, 3.8) is 0 Å². The molecule has 9 atom stereocenters. The Hall–Kier alpha value is -1.41. The Morgan fingerprint density at radius 1 is 0.493 bits per heavy atom. The highest BCUT2D eigenvalue weighted by Crippen LogP contribution is 2.23. The maximum atomic E-state index is 13.1. The van der Waals surface area contributed by atoms with E-state index in [2.05, 4.69) is 43.5 Å². The summed E-state index contributed by atoms with van der Waals surface area (Å²) >= 11 is 0. The van der Waals surface area contributed by atoms with Crippen molar-refractivity contribution in [3.05, 3.63) is 24.3 Å². The summed E-state index contributed by atoms with van der Waals surface area (Å²) in [5.74, 6) is -0.707. The lowest BCUT2D eigenvalue weighted by molar-refractivity contribution is -0.303. The van der Waals surface area contributed by atoms with Gasteiger partial charge in [0.15, 0.2) is 6.29 Å². The van der Waals surface area contributed by atoms with Gasteiger partial charge in [0.25, 0.3) is 0 Å². The number of carbonyl (C=O) groups excluding carboxylic acids is 1. The van der Waals surface area contributed by atoms with Gasteiger partial charge < -0.3 is 50.5 Å². The van der Waals surface area contributed by atoms with Gasteiger partial charge in [0.1, 0.15) is 36.6 Å². The minimum atomic E-state index is -1.67. The lowest BCUT2D eigenvalue weighted by Crippen LogP contribution is -2.60. The molecule has 1 amide bonds. The molecule has 1 rings (SSSR count). The molecule has 0 saturated carbocycles. The maximum absolute atomic E-state index is 13.1. The van der Waals surface area contributed by atoms with Crippen LogP contribution in [0.4, 0.5) is 0 Å². The predicted octanol–water partition coefficient (Wildman–Crippen LogP) is 12.1. The van der Waals surface area contributed by atoms with Crippen LogP contribution in [0, 0.1) is 0 Å². The van der Waals surface area contributed by atoms with Gasteiger partial charge in [-0.25, -0.2) is 0 Å². The zero-order valence-corrected chi connectivity index (χ0v) is 44.6. The molecule has 0 spiro atoms. The molecule has 0 bridgehead atoms. The van der Waals surface area contributed by atoms with E-state index in [9.17, 15) is 40.5 Å². The van der Waals surface area contributed by atoms with Crippen LogP contribution in [0.1, 0.15) is 271 Å². The topological polar surface area (TPSA) is 189 Å². The standard InChI is InChI=1S/C58H111NO10/c1-3-5-7-9-11-13-15-17-19-20-21-22-23-24-25-26-27-28-29-30-31-32-34-35-37-39-41-43-45-50(61)53(63)49(48-68-58-56(66)55(65)54(64)52(47-60)69-58)59-57(67)51(62)46-44-42-40-38-36-33-18-16-14-12-10-8-6-4-2/h31-32,37,39,49-56,58,60-66H,3-30,33-36,38,40-48H2,1-2H3,(H,59,67)/b32-31+,39-37+. The molecule has 69 heavy (non-hydrogen) atoms. The van der Waals surface area contributed by atoms with Gasteiger partial charge in [-0.2, -0.15) is 0 Å². The molecule has 1 heterocycles. The van der Waals surface area contributed by atoms with Gasteiger partial charge in [-0.3, -0.25) is 4.79 Å². The Kier molecular flexibility index (Phi) is 45.2. The first-order valence-electron chi connectivity index (χ1n) is 29.2. The number of nitrogens with one attached hydrogen (secondary N) is 1. The first kappa shape index (κ1) is 65.6. The van der Waals surface area contributed by atoms with Crippen LogP contribution in [0.5, 0.6) is 0 Å². The van der Waals surface area contributed by atoms with Crippen LogP contribution >= 0.6 is 0 Å². The number of rotatable bonds is 50. The predicted molar refractivity (Wildman–Crippen MR) is 284 cm³/mol. The second-order valence-electron chi connectivity index (χ2n) is 20.7. The molecule has 1 aliphatic heterocycles. The molecule has 1 fully saturated rings. The maximum Gasteiger partial charge on any atom is 0.249 e. The van der Waals surface area contributed by atoms with E-state index in [1.54, 1.807) is 0 Å². The quantitative estimate of drug-likeness (QED) is 0.0215. The lowest BCUT2D eigenvalue weighted by Gasteiger charge is -2.40. The summed E-state index contributed by atoms with van der Waals surface area (Å²) in [7, 11) is 0. The second kappa shape index (κ2) is 47.6. The Morgan fingerprint density at radius 2 is 0.870 bits per heavy atom. The third-order valence-electron chi connectivity index (χ3n) is 14.2. The summed E-state index contributed by atoms with van der Waals surface area (Å²) < 4.78 is 11.1. The third kappa shape index (κ3) is 36.2. The molecule has 11 heteroatoms. The van der Waals surface area contributed by atoms with Gasteiger partial charge in [-0.15, -0.1) is 0 Å². The number of amides is 1. The van der Waals surface area contributed by atoms with Crippen LogP contribution in [0.3, 0.4) is 0 Å². The molecule has 0 radical (unpaired) electrons. The molecule has 0 aromatic rings. The number of aliphatic hydroxyl groups excluding tert-OH is 7. The Labute approximate surface area is 423 Å². The molecular weight excluding hydrogens is 871 g/mol. The van der Waals surface area contributed by atoms with Crippen molar-refractivity contribution in [2.45, 2.75) is 326 Å². The highest BCUT2D eigenvalue weighted by molar-refractivity contribution is 5.80.